The summed E-state index contributed by atoms with van der Waals surface area (Å²) < 4.78 is 0. The number of hydrogen-bond donors (Lipinski definition) is 5. The van der Waals surface area contributed by atoms with Crippen molar-refractivity contribution >= 4 is 17.6 Å². The second-order valence-electron chi connectivity index (χ2n) is 7.66. The Kier molecular flexibility index (Phi) is 7.37. The van der Waals surface area contributed by atoms with Gasteiger partial charge in [-0.3, -0.25) is 14.8 Å². The van der Waals surface area contributed by atoms with E-state index in [9.17, 15) is 14.7 Å². The second kappa shape index (κ2) is 10.2. The Hall–Kier alpha value is -2.97. The van der Waals surface area contributed by atoms with E-state index in [1.165, 1.54) is 44.5 Å². The zero-order chi connectivity index (χ0) is 21.5. The van der Waals surface area contributed by atoms with Gasteiger partial charge in [0.05, 0.1) is 6.10 Å². The van der Waals surface area contributed by atoms with Gasteiger partial charge in [-0.25, -0.2) is 10.5 Å². The molecule has 2 amide bonds. The Morgan fingerprint density at radius 2 is 1.70 bits per heavy atom. The molecule has 160 valence electrons. The standard InChI is InChI=1S/C22H28N4O4/c1-14(27)20(22(29)26-30)25-21(28)16-9-7-15(8-10-16)17-11-12-19(23-13-17)24-18-5-3-2-4-6-18/h7-14,18,20,27,30H,2-6H2,1H3,(H,23,24)(H,25,28)(H,26,29)/t14-,20+/m1/s1. The first-order chi connectivity index (χ1) is 14.5. The molecule has 1 aliphatic carbocycles. The van der Waals surface area contributed by atoms with Crippen LogP contribution in [0.25, 0.3) is 11.1 Å². The number of amides is 2. The molecule has 0 radical (unpaired) electrons. The first-order valence-corrected chi connectivity index (χ1v) is 10.2. The van der Waals surface area contributed by atoms with Crippen LogP contribution in [0.4, 0.5) is 5.82 Å². The third kappa shape index (κ3) is 5.55. The second-order valence-corrected chi connectivity index (χ2v) is 7.66. The lowest BCUT2D eigenvalue weighted by Gasteiger charge is -2.23. The van der Waals surface area contributed by atoms with E-state index in [2.05, 4.69) is 15.6 Å². The van der Waals surface area contributed by atoms with Crippen LogP contribution in [0, 0.1) is 0 Å². The number of aliphatic hydroxyl groups is 1. The van der Waals surface area contributed by atoms with E-state index >= 15 is 0 Å². The lowest BCUT2D eigenvalue weighted by molar-refractivity contribution is -0.133. The maximum atomic E-state index is 12.4. The van der Waals surface area contributed by atoms with Crippen molar-refractivity contribution in [3.63, 3.8) is 0 Å². The summed E-state index contributed by atoms with van der Waals surface area (Å²) in [6.45, 7) is 1.35. The van der Waals surface area contributed by atoms with Crippen LogP contribution in [-0.2, 0) is 4.79 Å². The molecule has 0 spiro atoms. The Bertz CT molecular complexity index is 846. The van der Waals surface area contributed by atoms with E-state index in [1.807, 2.05) is 12.1 Å². The summed E-state index contributed by atoms with van der Waals surface area (Å²) in [5, 5.41) is 24.3. The summed E-state index contributed by atoms with van der Waals surface area (Å²) in [6, 6.07) is 10.0. The number of carbonyl (C=O) groups excluding carboxylic acids is 2. The van der Waals surface area contributed by atoms with Crippen LogP contribution < -0.4 is 16.1 Å². The van der Waals surface area contributed by atoms with Crippen molar-refractivity contribution in [3.05, 3.63) is 48.2 Å². The highest BCUT2D eigenvalue weighted by Crippen LogP contribution is 2.23. The number of pyridine rings is 1. The molecule has 1 fully saturated rings. The van der Waals surface area contributed by atoms with Crippen molar-refractivity contribution in [2.75, 3.05) is 5.32 Å². The molecule has 1 saturated carbocycles. The summed E-state index contributed by atoms with van der Waals surface area (Å²) in [6.07, 6.45) is 6.84. The topological polar surface area (TPSA) is 124 Å². The van der Waals surface area contributed by atoms with Gasteiger partial charge in [0, 0.05) is 23.4 Å². The number of nitrogens with one attached hydrogen (secondary N) is 3. The molecule has 2 aromatic rings. The minimum Gasteiger partial charge on any atom is -0.391 e. The molecule has 5 N–H and O–H groups in total. The minimum atomic E-state index is -1.25. The Morgan fingerprint density at radius 1 is 1.03 bits per heavy atom. The van der Waals surface area contributed by atoms with Crippen molar-refractivity contribution in [2.24, 2.45) is 0 Å². The van der Waals surface area contributed by atoms with Gasteiger partial charge in [0.25, 0.3) is 11.8 Å². The molecule has 0 unspecified atom stereocenters. The summed E-state index contributed by atoms with van der Waals surface area (Å²) in [5.41, 5.74) is 3.60. The third-order valence-corrected chi connectivity index (χ3v) is 5.36. The number of anilines is 1. The molecular weight excluding hydrogens is 384 g/mol. The van der Waals surface area contributed by atoms with Crippen LogP contribution in [0.1, 0.15) is 49.4 Å². The minimum absolute atomic E-state index is 0.332. The molecule has 0 bridgehead atoms. The van der Waals surface area contributed by atoms with E-state index < -0.39 is 24.0 Å². The van der Waals surface area contributed by atoms with Crippen LogP contribution in [0.5, 0.6) is 0 Å². The van der Waals surface area contributed by atoms with Crippen LogP contribution in [0.3, 0.4) is 0 Å². The van der Waals surface area contributed by atoms with Gasteiger partial charge in [-0.2, -0.15) is 0 Å². The smallest absolute Gasteiger partial charge is 0.268 e. The number of hydrogen-bond acceptors (Lipinski definition) is 6. The normalized spacial score (nSPS) is 16.4. The summed E-state index contributed by atoms with van der Waals surface area (Å²) in [5.74, 6) is -0.544. The zero-order valence-corrected chi connectivity index (χ0v) is 17.0. The first-order valence-electron chi connectivity index (χ1n) is 10.2. The Labute approximate surface area is 175 Å². The molecule has 0 aliphatic heterocycles. The average Bonchev–Trinajstić information content (AvgIpc) is 2.78. The fourth-order valence-electron chi connectivity index (χ4n) is 3.62. The van der Waals surface area contributed by atoms with Gasteiger partial charge in [0.2, 0.25) is 0 Å². The van der Waals surface area contributed by atoms with Crippen molar-refractivity contribution in [1.29, 1.82) is 0 Å². The summed E-state index contributed by atoms with van der Waals surface area (Å²) in [7, 11) is 0. The predicted octanol–water partition coefficient (Wildman–Crippen LogP) is 2.48. The van der Waals surface area contributed by atoms with Gasteiger partial charge in [0.15, 0.2) is 0 Å². The van der Waals surface area contributed by atoms with Crippen molar-refractivity contribution in [1.82, 2.24) is 15.8 Å². The quantitative estimate of drug-likeness (QED) is 0.352. The third-order valence-electron chi connectivity index (χ3n) is 5.36. The number of rotatable bonds is 7. The van der Waals surface area contributed by atoms with Gasteiger partial charge in [-0.05, 0) is 49.6 Å². The molecule has 3 rings (SSSR count). The number of carbonyl (C=O) groups is 2. The highest BCUT2D eigenvalue weighted by atomic mass is 16.5. The predicted molar refractivity (Wildman–Crippen MR) is 113 cm³/mol. The number of nitrogens with zero attached hydrogens (tertiary/aromatic N) is 1. The van der Waals surface area contributed by atoms with Gasteiger partial charge in [-0.1, -0.05) is 31.4 Å². The van der Waals surface area contributed by atoms with Crippen molar-refractivity contribution < 1.29 is 19.9 Å². The van der Waals surface area contributed by atoms with E-state index in [0.717, 1.165) is 16.9 Å². The first kappa shape index (κ1) is 21.7. The molecule has 8 heteroatoms. The number of aliphatic hydroxyl groups excluding tert-OH is 1. The molecule has 1 aromatic carbocycles. The molecule has 1 aliphatic rings. The maximum Gasteiger partial charge on any atom is 0.268 e. The molecule has 8 nitrogen and oxygen atoms in total. The largest absolute Gasteiger partial charge is 0.391 e. The van der Waals surface area contributed by atoms with Crippen molar-refractivity contribution in [2.45, 2.75) is 57.2 Å². The monoisotopic (exact) mass is 412 g/mol. The Morgan fingerprint density at radius 3 is 2.27 bits per heavy atom. The van der Waals surface area contributed by atoms with E-state index in [-0.39, 0.29) is 0 Å². The number of hydroxylamine groups is 1. The Balaban J connectivity index is 1.63. The highest BCUT2D eigenvalue weighted by Gasteiger charge is 2.25. The summed E-state index contributed by atoms with van der Waals surface area (Å²) >= 11 is 0. The van der Waals surface area contributed by atoms with E-state index in [0.29, 0.717) is 11.6 Å². The molecule has 2 atom stereocenters. The molecule has 30 heavy (non-hydrogen) atoms. The lowest BCUT2D eigenvalue weighted by atomic mass is 9.95. The van der Waals surface area contributed by atoms with E-state index in [4.69, 9.17) is 5.21 Å². The zero-order valence-electron chi connectivity index (χ0n) is 17.0. The van der Waals surface area contributed by atoms with Crippen LogP contribution in [0.2, 0.25) is 0 Å². The fraction of sp³-hybridized carbons (Fsp3) is 0.409. The van der Waals surface area contributed by atoms with Crippen LogP contribution >= 0.6 is 0 Å². The number of benzene rings is 1. The van der Waals surface area contributed by atoms with Gasteiger partial charge in [0.1, 0.15) is 11.9 Å². The van der Waals surface area contributed by atoms with E-state index in [1.54, 1.807) is 30.5 Å². The van der Waals surface area contributed by atoms with Crippen molar-refractivity contribution in [3.8, 4) is 11.1 Å². The van der Waals surface area contributed by atoms with Gasteiger partial charge in [-0.15, -0.1) is 0 Å². The lowest BCUT2D eigenvalue weighted by Crippen LogP contribution is -2.51. The SMILES string of the molecule is C[C@@H](O)[C@H](NC(=O)c1ccc(-c2ccc(NC3CCCCC3)nc2)cc1)C(=O)NO. The molecular formula is C22H28N4O4. The molecule has 1 heterocycles. The average molecular weight is 412 g/mol. The molecule has 1 aromatic heterocycles. The van der Waals surface area contributed by atoms with Crippen LogP contribution in [0.15, 0.2) is 42.6 Å². The highest BCUT2D eigenvalue weighted by molar-refractivity contribution is 5.97. The number of aromatic nitrogens is 1. The van der Waals surface area contributed by atoms with Crippen LogP contribution in [-0.4, -0.2) is 45.3 Å². The van der Waals surface area contributed by atoms with Gasteiger partial charge < -0.3 is 15.7 Å². The summed E-state index contributed by atoms with van der Waals surface area (Å²) in [4.78, 5) is 28.4. The molecule has 0 saturated heterocycles. The fourth-order valence-corrected chi connectivity index (χ4v) is 3.62. The maximum absolute atomic E-state index is 12.4. The van der Waals surface area contributed by atoms with Gasteiger partial charge >= 0.3 is 0 Å².